The van der Waals surface area contributed by atoms with Gasteiger partial charge in [0.15, 0.2) is 11.5 Å². The Kier molecular flexibility index (Phi) is 4.94. The number of rotatable bonds is 5. The van der Waals surface area contributed by atoms with Gasteiger partial charge in [0.2, 0.25) is 0 Å². The fraction of sp³-hybridized carbons (Fsp3) is 0.450. The molecule has 27 heavy (non-hydrogen) atoms. The monoisotopic (exact) mass is 365 g/mol. The maximum Gasteiger partial charge on any atom is 0.177 e. The highest BCUT2D eigenvalue weighted by Gasteiger charge is 2.24. The van der Waals surface area contributed by atoms with E-state index in [-0.39, 0.29) is 5.92 Å². The summed E-state index contributed by atoms with van der Waals surface area (Å²) in [5.41, 5.74) is 9.95. The zero-order valence-electron chi connectivity index (χ0n) is 15.9. The van der Waals surface area contributed by atoms with Crippen molar-refractivity contribution in [1.82, 2.24) is 19.6 Å². The summed E-state index contributed by atoms with van der Waals surface area (Å²) in [6, 6.07) is 4.67. The maximum atomic E-state index is 6.07. The molecule has 0 atom stereocenters. The topological polar surface area (TPSA) is 93.2 Å². The van der Waals surface area contributed by atoms with Gasteiger partial charge in [-0.25, -0.2) is 9.50 Å². The van der Waals surface area contributed by atoms with Crippen molar-refractivity contribution in [3.63, 3.8) is 0 Å². The first kappa shape index (κ1) is 17.7. The molecule has 3 aromatic rings. The van der Waals surface area contributed by atoms with Gasteiger partial charge >= 0.3 is 0 Å². The van der Waals surface area contributed by atoms with Gasteiger partial charge < -0.3 is 16.4 Å². The highest BCUT2D eigenvalue weighted by atomic mass is 15.3. The van der Waals surface area contributed by atoms with Crippen LogP contribution >= 0.6 is 0 Å². The number of nitrogens with zero attached hydrogens (tertiary/aromatic N) is 4. The molecule has 1 saturated carbocycles. The third kappa shape index (κ3) is 3.73. The van der Waals surface area contributed by atoms with Crippen LogP contribution in [0, 0.1) is 0 Å². The quantitative estimate of drug-likeness (QED) is 0.639. The van der Waals surface area contributed by atoms with Crippen molar-refractivity contribution < 1.29 is 0 Å². The van der Waals surface area contributed by atoms with E-state index in [2.05, 4.69) is 34.4 Å². The molecule has 0 aromatic carbocycles. The van der Waals surface area contributed by atoms with E-state index in [0.717, 1.165) is 54.1 Å². The van der Waals surface area contributed by atoms with Crippen molar-refractivity contribution in [2.24, 2.45) is 5.73 Å². The number of hydrogen-bond acceptors (Lipinski definition) is 6. The van der Waals surface area contributed by atoms with Crippen molar-refractivity contribution in [2.75, 3.05) is 10.6 Å². The molecule has 0 bridgehead atoms. The number of imidazole rings is 1. The Hall–Kier alpha value is -2.67. The first-order valence-electron chi connectivity index (χ1n) is 9.68. The molecule has 4 rings (SSSR count). The third-order valence-electron chi connectivity index (χ3n) is 5.20. The Morgan fingerprint density at radius 3 is 2.70 bits per heavy atom. The Labute approximate surface area is 159 Å². The van der Waals surface area contributed by atoms with E-state index in [1.165, 1.54) is 0 Å². The normalized spacial score (nSPS) is 20.1. The second-order valence-electron chi connectivity index (χ2n) is 7.61. The molecule has 4 N–H and O–H groups in total. The molecule has 0 saturated heterocycles. The van der Waals surface area contributed by atoms with Crippen LogP contribution in [-0.4, -0.2) is 31.7 Å². The summed E-state index contributed by atoms with van der Waals surface area (Å²) in [5, 5.41) is 12.0. The number of nitrogens with two attached hydrogens (primary N) is 1. The highest BCUT2D eigenvalue weighted by molar-refractivity contribution is 5.81. The van der Waals surface area contributed by atoms with Crippen LogP contribution in [0.5, 0.6) is 0 Å². The van der Waals surface area contributed by atoms with Gasteiger partial charge in [-0.3, -0.25) is 4.98 Å². The van der Waals surface area contributed by atoms with Gasteiger partial charge in [0.05, 0.1) is 17.6 Å². The Morgan fingerprint density at radius 2 is 2.00 bits per heavy atom. The zero-order chi connectivity index (χ0) is 18.8. The average molecular weight is 365 g/mol. The van der Waals surface area contributed by atoms with E-state index in [4.69, 9.17) is 10.8 Å². The first-order valence-corrected chi connectivity index (χ1v) is 9.68. The van der Waals surface area contributed by atoms with E-state index >= 15 is 0 Å². The van der Waals surface area contributed by atoms with Crippen molar-refractivity contribution >= 4 is 22.8 Å². The smallest absolute Gasteiger partial charge is 0.177 e. The summed E-state index contributed by atoms with van der Waals surface area (Å²) in [6.45, 7) is 4.37. The van der Waals surface area contributed by atoms with E-state index in [0.29, 0.717) is 12.1 Å². The SMILES string of the molecule is CC(C)c1c(NC2CCC(N)CC2)nn2ccnc2c1Nc1cccnc1. The van der Waals surface area contributed by atoms with Crippen molar-refractivity contribution in [3.05, 3.63) is 42.5 Å². The number of aromatic nitrogens is 4. The molecule has 0 amide bonds. The Morgan fingerprint density at radius 1 is 1.19 bits per heavy atom. The summed E-state index contributed by atoms with van der Waals surface area (Å²) < 4.78 is 1.83. The molecular formula is C20H27N7. The van der Waals surface area contributed by atoms with E-state index < -0.39 is 0 Å². The largest absolute Gasteiger partial charge is 0.366 e. The van der Waals surface area contributed by atoms with Gasteiger partial charge in [-0.05, 0) is 43.7 Å². The van der Waals surface area contributed by atoms with Crippen LogP contribution in [0.3, 0.4) is 0 Å². The van der Waals surface area contributed by atoms with Gasteiger partial charge in [-0.1, -0.05) is 13.8 Å². The summed E-state index contributed by atoms with van der Waals surface area (Å²) in [5.74, 6) is 1.20. The minimum Gasteiger partial charge on any atom is -0.366 e. The van der Waals surface area contributed by atoms with Crippen LogP contribution in [0.1, 0.15) is 51.0 Å². The molecule has 142 valence electrons. The van der Waals surface area contributed by atoms with Crippen LogP contribution in [-0.2, 0) is 0 Å². The van der Waals surface area contributed by atoms with Gasteiger partial charge in [-0.2, -0.15) is 0 Å². The lowest BCUT2D eigenvalue weighted by atomic mass is 9.91. The number of pyridine rings is 1. The Balaban J connectivity index is 1.75. The number of nitrogens with one attached hydrogen (secondary N) is 2. The van der Waals surface area contributed by atoms with Crippen molar-refractivity contribution in [1.29, 1.82) is 0 Å². The molecule has 1 aliphatic rings. The van der Waals surface area contributed by atoms with E-state index in [9.17, 15) is 0 Å². The van der Waals surface area contributed by atoms with Gasteiger partial charge in [-0.15, -0.1) is 5.10 Å². The highest BCUT2D eigenvalue weighted by Crippen LogP contribution is 2.36. The fourth-order valence-corrected chi connectivity index (χ4v) is 3.79. The first-order chi connectivity index (χ1) is 13.1. The molecule has 0 aliphatic heterocycles. The third-order valence-corrected chi connectivity index (χ3v) is 5.20. The second-order valence-corrected chi connectivity index (χ2v) is 7.61. The number of anilines is 3. The predicted octanol–water partition coefficient (Wildman–Crippen LogP) is 3.67. The van der Waals surface area contributed by atoms with Crippen LogP contribution in [0.2, 0.25) is 0 Å². The second kappa shape index (κ2) is 7.52. The molecule has 0 unspecified atom stereocenters. The van der Waals surface area contributed by atoms with E-state index in [1.807, 2.05) is 29.0 Å². The van der Waals surface area contributed by atoms with Crippen LogP contribution in [0.25, 0.3) is 5.65 Å². The van der Waals surface area contributed by atoms with Crippen LogP contribution < -0.4 is 16.4 Å². The molecule has 0 spiro atoms. The lowest BCUT2D eigenvalue weighted by Crippen LogP contribution is -2.33. The maximum absolute atomic E-state index is 6.07. The van der Waals surface area contributed by atoms with Crippen molar-refractivity contribution in [2.45, 2.75) is 57.5 Å². The minimum absolute atomic E-state index is 0.284. The van der Waals surface area contributed by atoms with Crippen LogP contribution in [0.15, 0.2) is 36.9 Å². The number of fused-ring (bicyclic) bond motifs is 1. The molecule has 1 fully saturated rings. The molecule has 3 aromatic heterocycles. The molecule has 7 heteroatoms. The average Bonchev–Trinajstić information content (AvgIpc) is 3.13. The zero-order valence-corrected chi connectivity index (χ0v) is 15.9. The molecular weight excluding hydrogens is 338 g/mol. The summed E-state index contributed by atoms with van der Waals surface area (Å²) in [6.07, 6.45) is 11.5. The molecule has 0 radical (unpaired) electrons. The summed E-state index contributed by atoms with van der Waals surface area (Å²) in [4.78, 5) is 8.74. The summed E-state index contributed by atoms with van der Waals surface area (Å²) in [7, 11) is 0. The number of hydrogen-bond donors (Lipinski definition) is 3. The summed E-state index contributed by atoms with van der Waals surface area (Å²) >= 11 is 0. The van der Waals surface area contributed by atoms with Gasteiger partial charge in [0, 0.05) is 36.2 Å². The predicted molar refractivity (Wildman–Crippen MR) is 108 cm³/mol. The van der Waals surface area contributed by atoms with Gasteiger partial charge in [0.25, 0.3) is 0 Å². The molecule has 3 heterocycles. The molecule has 1 aliphatic carbocycles. The van der Waals surface area contributed by atoms with E-state index in [1.54, 1.807) is 12.4 Å². The lowest BCUT2D eigenvalue weighted by Gasteiger charge is -2.29. The minimum atomic E-state index is 0.284. The Bertz CT molecular complexity index is 895. The standard InChI is InChI=1S/C20H27N7/c1-13(2)17-18(24-16-4-3-9-22-12-16)20-23-10-11-27(20)26-19(17)25-15-7-5-14(21)6-8-15/h3-4,9-15,24H,5-8,21H2,1-2H3,(H,25,26). The molecule has 7 nitrogen and oxygen atoms in total. The fourth-order valence-electron chi connectivity index (χ4n) is 3.79. The van der Waals surface area contributed by atoms with Crippen LogP contribution in [0.4, 0.5) is 17.2 Å². The lowest BCUT2D eigenvalue weighted by molar-refractivity contribution is 0.410. The van der Waals surface area contributed by atoms with Crippen molar-refractivity contribution in [3.8, 4) is 0 Å². The van der Waals surface area contributed by atoms with Gasteiger partial charge in [0.1, 0.15) is 0 Å².